The Morgan fingerprint density at radius 2 is 1.28 bits per heavy atom. The van der Waals surface area contributed by atoms with Crippen LogP contribution in [-0.2, 0) is 14.1 Å². The van der Waals surface area contributed by atoms with Crippen LogP contribution in [0.3, 0.4) is 0 Å². The minimum Gasteiger partial charge on any atom is -0.196 e. The molecule has 0 fully saturated rings. The molecule has 0 unspecified atom stereocenters. The van der Waals surface area contributed by atoms with Gasteiger partial charge in [0.25, 0.3) is 11.4 Å². The predicted molar refractivity (Wildman–Crippen MR) is 103 cm³/mol. The Balaban J connectivity index is 2.34. The molecule has 0 N–H and O–H groups in total. The van der Waals surface area contributed by atoms with Crippen LogP contribution >= 0.6 is 0 Å². The van der Waals surface area contributed by atoms with Crippen molar-refractivity contribution in [3.05, 3.63) is 70.4 Å². The fourth-order valence-corrected chi connectivity index (χ4v) is 3.85. The summed E-state index contributed by atoms with van der Waals surface area (Å²) in [5.41, 5.74) is 11.6. The summed E-state index contributed by atoms with van der Waals surface area (Å²) in [5.74, 6) is 0. The highest BCUT2D eigenvalue weighted by atomic mass is 15.0. The lowest BCUT2D eigenvalue weighted by molar-refractivity contribution is -0.685. The quantitative estimate of drug-likeness (QED) is 0.621. The first-order valence-electron chi connectivity index (χ1n) is 8.84. The lowest BCUT2D eigenvalue weighted by Gasteiger charge is -2.12. The molecule has 0 aliphatic rings. The monoisotopic (exact) mass is 332 g/mol. The van der Waals surface area contributed by atoms with E-state index in [9.17, 15) is 0 Å². The topological polar surface area (TPSA) is 7.76 Å². The normalized spacial score (nSPS) is 11.0. The van der Waals surface area contributed by atoms with E-state index in [0.717, 1.165) is 0 Å². The van der Waals surface area contributed by atoms with Crippen LogP contribution in [0.25, 0.3) is 22.6 Å². The van der Waals surface area contributed by atoms with E-state index in [0.29, 0.717) is 0 Å². The van der Waals surface area contributed by atoms with Gasteiger partial charge in [-0.3, -0.25) is 0 Å². The smallest absolute Gasteiger partial charge is 0.196 e. The van der Waals surface area contributed by atoms with Crippen molar-refractivity contribution in [2.24, 2.45) is 14.1 Å². The van der Waals surface area contributed by atoms with E-state index in [1.54, 1.807) is 0 Å². The average Bonchev–Trinajstić information content (AvgIpc) is 2.52. The van der Waals surface area contributed by atoms with E-state index in [4.69, 9.17) is 0 Å². The lowest BCUT2D eigenvalue weighted by atomic mass is 9.96. The Kier molecular flexibility index (Phi) is 4.47. The van der Waals surface area contributed by atoms with Crippen molar-refractivity contribution < 1.29 is 9.13 Å². The van der Waals surface area contributed by atoms with E-state index in [-0.39, 0.29) is 0 Å². The zero-order chi connectivity index (χ0) is 18.3. The van der Waals surface area contributed by atoms with Gasteiger partial charge in [-0.25, -0.2) is 0 Å². The molecule has 2 aromatic heterocycles. The molecular formula is C23H28N2+2. The molecule has 0 radical (unpaired) electrons. The van der Waals surface area contributed by atoms with Crippen LogP contribution in [0.15, 0.2) is 42.6 Å². The van der Waals surface area contributed by atoms with Crippen LogP contribution in [0.2, 0.25) is 0 Å². The van der Waals surface area contributed by atoms with Crippen molar-refractivity contribution in [3.63, 3.8) is 0 Å². The Bertz CT molecular complexity index is 968. The van der Waals surface area contributed by atoms with E-state index >= 15 is 0 Å². The Morgan fingerprint density at radius 1 is 0.640 bits per heavy atom. The summed E-state index contributed by atoms with van der Waals surface area (Å²) in [6.07, 6.45) is 2.19. The van der Waals surface area contributed by atoms with Gasteiger partial charge in [-0.2, -0.15) is 9.13 Å². The summed E-state index contributed by atoms with van der Waals surface area (Å²) in [5, 5.41) is 0. The first kappa shape index (κ1) is 17.3. The van der Waals surface area contributed by atoms with E-state index < -0.39 is 0 Å². The molecule has 0 amide bonds. The van der Waals surface area contributed by atoms with Gasteiger partial charge in [0.1, 0.15) is 14.1 Å². The Labute approximate surface area is 151 Å². The second-order valence-electron chi connectivity index (χ2n) is 7.29. The molecule has 0 saturated carbocycles. The maximum absolute atomic E-state index is 2.36. The molecule has 128 valence electrons. The lowest BCUT2D eigenvalue weighted by Crippen LogP contribution is -2.41. The van der Waals surface area contributed by atoms with Crippen molar-refractivity contribution in [2.75, 3.05) is 0 Å². The van der Waals surface area contributed by atoms with E-state index in [1.807, 2.05) is 0 Å². The number of nitrogens with zero attached hydrogens (tertiary/aromatic N) is 2. The first-order valence-corrected chi connectivity index (χ1v) is 8.84. The standard InChI is InChI=1S/C23H28N2/c1-15-8-10-17(3)20(12-15)22-18(4)13-19(5)23(25(22)7)21-11-9-16(2)14-24(21)6/h8-14H,1-7H3/q+2. The zero-order valence-corrected chi connectivity index (χ0v) is 16.4. The van der Waals surface area contributed by atoms with Crippen LogP contribution in [0.5, 0.6) is 0 Å². The molecule has 0 spiro atoms. The molecule has 2 nitrogen and oxygen atoms in total. The van der Waals surface area contributed by atoms with Gasteiger partial charge in [-0.15, -0.1) is 0 Å². The number of hydrogen-bond acceptors (Lipinski definition) is 0. The van der Waals surface area contributed by atoms with E-state index in [1.165, 1.54) is 50.5 Å². The highest BCUT2D eigenvalue weighted by molar-refractivity contribution is 5.67. The van der Waals surface area contributed by atoms with Gasteiger partial charge in [0, 0.05) is 28.3 Å². The Hall–Kier alpha value is -2.48. The third-order valence-corrected chi connectivity index (χ3v) is 5.02. The van der Waals surface area contributed by atoms with Crippen LogP contribution < -0.4 is 9.13 Å². The zero-order valence-electron chi connectivity index (χ0n) is 16.4. The third-order valence-electron chi connectivity index (χ3n) is 5.02. The van der Waals surface area contributed by atoms with E-state index in [2.05, 4.69) is 100 Å². The highest BCUT2D eigenvalue weighted by Gasteiger charge is 2.28. The summed E-state index contributed by atoms with van der Waals surface area (Å²) in [6, 6.07) is 13.4. The SMILES string of the molecule is Cc1ccc(C)c(-c2c(C)cc(C)c(-c3ccc(C)c[n+]3C)[n+]2C)c1. The number of benzene rings is 1. The summed E-state index contributed by atoms with van der Waals surface area (Å²) < 4.78 is 4.58. The van der Waals surface area contributed by atoms with Crippen molar-refractivity contribution in [1.82, 2.24) is 0 Å². The molecule has 2 heterocycles. The summed E-state index contributed by atoms with van der Waals surface area (Å²) in [4.78, 5) is 0. The molecule has 2 heteroatoms. The molecule has 3 aromatic rings. The third kappa shape index (κ3) is 3.09. The maximum Gasteiger partial charge on any atom is 0.280 e. The molecule has 1 aromatic carbocycles. The van der Waals surface area contributed by atoms with Crippen LogP contribution in [0.4, 0.5) is 0 Å². The maximum atomic E-state index is 2.36. The molecule has 0 aliphatic heterocycles. The molecule has 0 bridgehead atoms. The van der Waals surface area contributed by atoms with Gasteiger partial charge >= 0.3 is 0 Å². The number of pyridine rings is 2. The summed E-state index contributed by atoms with van der Waals surface area (Å²) in [6.45, 7) is 10.9. The van der Waals surface area contributed by atoms with Gasteiger partial charge in [0.05, 0.1) is 0 Å². The van der Waals surface area contributed by atoms with Crippen molar-refractivity contribution in [1.29, 1.82) is 0 Å². The number of aryl methyl sites for hydroxylation is 6. The van der Waals surface area contributed by atoms with Crippen molar-refractivity contribution in [3.8, 4) is 22.6 Å². The number of hydrogen-bond donors (Lipinski definition) is 0. The first-order chi connectivity index (χ1) is 11.8. The average molecular weight is 332 g/mol. The molecule has 25 heavy (non-hydrogen) atoms. The molecular weight excluding hydrogens is 304 g/mol. The van der Waals surface area contributed by atoms with Gasteiger partial charge < -0.3 is 0 Å². The minimum atomic E-state index is 1.23. The molecule has 3 rings (SSSR count). The summed E-state index contributed by atoms with van der Waals surface area (Å²) >= 11 is 0. The molecule has 0 saturated heterocycles. The molecule has 0 atom stereocenters. The minimum absolute atomic E-state index is 1.23. The fraction of sp³-hybridized carbons (Fsp3) is 0.304. The molecule has 0 aliphatic carbocycles. The Morgan fingerprint density at radius 3 is 1.96 bits per heavy atom. The van der Waals surface area contributed by atoms with Gasteiger partial charge in [0.2, 0.25) is 5.69 Å². The van der Waals surface area contributed by atoms with Gasteiger partial charge in [-0.05, 0) is 58.4 Å². The van der Waals surface area contributed by atoms with Crippen molar-refractivity contribution in [2.45, 2.75) is 34.6 Å². The van der Waals surface area contributed by atoms with Gasteiger partial charge in [-0.1, -0.05) is 17.7 Å². The van der Waals surface area contributed by atoms with Crippen LogP contribution in [-0.4, -0.2) is 0 Å². The second kappa shape index (κ2) is 6.44. The van der Waals surface area contributed by atoms with Crippen LogP contribution in [0, 0.1) is 34.6 Å². The summed E-state index contributed by atoms with van der Waals surface area (Å²) in [7, 11) is 4.31. The fourth-order valence-electron chi connectivity index (χ4n) is 3.85. The number of rotatable bonds is 2. The second-order valence-corrected chi connectivity index (χ2v) is 7.29. The van der Waals surface area contributed by atoms with Crippen LogP contribution in [0.1, 0.15) is 27.8 Å². The van der Waals surface area contributed by atoms with Gasteiger partial charge in [0.15, 0.2) is 6.20 Å². The number of aromatic nitrogens is 2. The highest BCUT2D eigenvalue weighted by Crippen LogP contribution is 2.28. The predicted octanol–water partition coefficient (Wildman–Crippen LogP) is 4.21. The largest absolute Gasteiger partial charge is 0.280 e. The van der Waals surface area contributed by atoms with Crippen molar-refractivity contribution >= 4 is 0 Å².